The molecule has 1 saturated heterocycles. The second kappa shape index (κ2) is 7.21. The molecule has 0 unspecified atom stereocenters. The highest BCUT2D eigenvalue weighted by atomic mass is 35.5. The predicted molar refractivity (Wildman–Crippen MR) is 97.6 cm³/mol. The molecule has 0 aliphatic carbocycles. The number of ketones is 1. The molecule has 1 aromatic carbocycles. The van der Waals surface area contributed by atoms with E-state index in [0.717, 1.165) is 12.8 Å². The summed E-state index contributed by atoms with van der Waals surface area (Å²) in [5.74, 6) is -1.66. The number of amides is 1. The molecule has 3 heterocycles. The van der Waals surface area contributed by atoms with Crippen LogP contribution in [0.1, 0.15) is 35.0 Å². The lowest BCUT2D eigenvalue weighted by Gasteiger charge is -2.29. The minimum atomic E-state index is -0.798. The van der Waals surface area contributed by atoms with Gasteiger partial charge >= 0.3 is 0 Å². The summed E-state index contributed by atoms with van der Waals surface area (Å²) in [5, 5.41) is 10.9. The van der Waals surface area contributed by atoms with E-state index in [1.165, 1.54) is 17.2 Å². The van der Waals surface area contributed by atoms with Crippen LogP contribution in [0.2, 0.25) is 5.02 Å². The molecule has 0 radical (unpaired) electrons. The summed E-state index contributed by atoms with van der Waals surface area (Å²) in [4.78, 5) is 27.2. The topological polar surface area (TPSA) is 80.0 Å². The van der Waals surface area contributed by atoms with Gasteiger partial charge in [0.15, 0.2) is 11.5 Å². The molecule has 0 spiro atoms. The van der Waals surface area contributed by atoms with Gasteiger partial charge in [-0.15, -0.1) is 0 Å². The Morgan fingerprint density at radius 3 is 2.74 bits per heavy atom. The molecule has 1 amide bonds. The molecule has 0 bridgehead atoms. The first-order chi connectivity index (χ1) is 13.1. The number of aliphatic hydroxyl groups is 1. The Kier molecular flexibility index (Phi) is 4.76. The van der Waals surface area contributed by atoms with Gasteiger partial charge in [-0.05, 0) is 36.6 Å². The Balaban J connectivity index is 1.78. The molecule has 27 heavy (non-hydrogen) atoms. The van der Waals surface area contributed by atoms with E-state index in [9.17, 15) is 14.7 Å². The van der Waals surface area contributed by atoms with Crippen molar-refractivity contribution in [3.05, 3.63) is 70.3 Å². The van der Waals surface area contributed by atoms with E-state index in [0.29, 0.717) is 17.2 Å². The summed E-state index contributed by atoms with van der Waals surface area (Å²) in [5.41, 5.74) is 0.547. The van der Waals surface area contributed by atoms with E-state index in [-0.39, 0.29) is 24.0 Å². The molecular formula is C20H18ClNO5. The molecular weight excluding hydrogens is 370 g/mol. The van der Waals surface area contributed by atoms with Crippen LogP contribution in [0.15, 0.2) is 58.4 Å². The fourth-order valence-corrected chi connectivity index (χ4v) is 3.88. The van der Waals surface area contributed by atoms with E-state index in [1.54, 1.807) is 30.3 Å². The van der Waals surface area contributed by atoms with Crippen LogP contribution in [0.3, 0.4) is 0 Å². The van der Waals surface area contributed by atoms with Crippen molar-refractivity contribution in [3.8, 4) is 0 Å². The summed E-state index contributed by atoms with van der Waals surface area (Å²) in [7, 11) is 0. The lowest BCUT2D eigenvalue weighted by atomic mass is 9.95. The van der Waals surface area contributed by atoms with Crippen LogP contribution >= 0.6 is 11.6 Å². The summed E-state index contributed by atoms with van der Waals surface area (Å²) in [6.07, 6.45) is 2.98. The maximum Gasteiger partial charge on any atom is 0.290 e. The average Bonchev–Trinajstić information content (AvgIpc) is 3.40. The van der Waals surface area contributed by atoms with E-state index in [4.69, 9.17) is 20.8 Å². The number of furan rings is 1. The van der Waals surface area contributed by atoms with Crippen molar-refractivity contribution in [2.75, 3.05) is 13.2 Å². The molecule has 2 atom stereocenters. The van der Waals surface area contributed by atoms with Crippen molar-refractivity contribution >= 4 is 23.3 Å². The van der Waals surface area contributed by atoms with E-state index < -0.39 is 23.5 Å². The van der Waals surface area contributed by atoms with Gasteiger partial charge in [0, 0.05) is 18.2 Å². The number of carbonyl (C=O) groups excluding carboxylic acids is 2. The molecule has 4 rings (SSSR count). The molecule has 1 aromatic heterocycles. The van der Waals surface area contributed by atoms with Gasteiger partial charge in [-0.2, -0.15) is 0 Å². The molecule has 6 nitrogen and oxygen atoms in total. The van der Waals surface area contributed by atoms with Gasteiger partial charge in [0.2, 0.25) is 5.78 Å². The van der Waals surface area contributed by atoms with Crippen molar-refractivity contribution in [1.82, 2.24) is 4.90 Å². The van der Waals surface area contributed by atoms with Crippen molar-refractivity contribution < 1.29 is 23.8 Å². The largest absolute Gasteiger partial charge is 0.503 e. The minimum Gasteiger partial charge on any atom is -0.503 e. The number of benzene rings is 1. The number of aliphatic hydroxyl groups excluding tert-OH is 1. The van der Waals surface area contributed by atoms with E-state index in [2.05, 4.69) is 0 Å². The maximum atomic E-state index is 13.0. The molecule has 1 fully saturated rings. The van der Waals surface area contributed by atoms with Crippen molar-refractivity contribution in [2.45, 2.75) is 25.0 Å². The van der Waals surface area contributed by atoms with Crippen LogP contribution in [0.25, 0.3) is 0 Å². The molecule has 7 heteroatoms. The van der Waals surface area contributed by atoms with E-state index in [1.807, 2.05) is 0 Å². The first kappa shape index (κ1) is 17.8. The Bertz CT molecular complexity index is 899. The smallest absolute Gasteiger partial charge is 0.290 e. The van der Waals surface area contributed by atoms with Gasteiger partial charge in [-0.25, -0.2) is 0 Å². The third-order valence-corrected chi connectivity index (χ3v) is 5.26. The number of Topliss-reactive ketones (excluding diaryl/α,β-unsaturated/α-hetero) is 1. The normalized spacial score (nSPS) is 22.7. The first-order valence-corrected chi connectivity index (χ1v) is 9.14. The van der Waals surface area contributed by atoms with Crippen LogP contribution in [-0.2, 0) is 9.53 Å². The van der Waals surface area contributed by atoms with Crippen molar-refractivity contribution in [3.63, 3.8) is 0 Å². The molecule has 2 aliphatic heterocycles. The Labute approximate surface area is 161 Å². The monoisotopic (exact) mass is 387 g/mol. The van der Waals surface area contributed by atoms with Crippen molar-refractivity contribution in [2.24, 2.45) is 0 Å². The summed E-state index contributed by atoms with van der Waals surface area (Å²) in [6.45, 7) is 0.911. The fraction of sp³-hybridized carbons (Fsp3) is 0.300. The highest BCUT2D eigenvalue weighted by Crippen LogP contribution is 2.42. The highest BCUT2D eigenvalue weighted by molar-refractivity contribution is 6.31. The molecule has 140 valence electrons. The number of ether oxygens (including phenoxy) is 1. The lowest BCUT2D eigenvalue weighted by molar-refractivity contribution is -0.131. The molecule has 0 saturated carbocycles. The molecule has 2 aromatic rings. The van der Waals surface area contributed by atoms with Gasteiger partial charge < -0.3 is 19.2 Å². The second-order valence-electron chi connectivity index (χ2n) is 6.59. The van der Waals surface area contributed by atoms with Gasteiger partial charge in [0.1, 0.15) is 0 Å². The number of rotatable bonds is 5. The average molecular weight is 388 g/mol. The van der Waals surface area contributed by atoms with Gasteiger partial charge in [-0.3, -0.25) is 9.59 Å². The zero-order valence-corrected chi connectivity index (χ0v) is 15.2. The number of hydrogen-bond donors (Lipinski definition) is 1. The van der Waals surface area contributed by atoms with Crippen LogP contribution in [0.5, 0.6) is 0 Å². The van der Waals surface area contributed by atoms with Crippen LogP contribution < -0.4 is 0 Å². The van der Waals surface area contributed by atoms with Crippen LogP contribution in [-0.4, -0.2) is 41.0 Å². The standard InChI is InChI=1S/C20H18ClNO5/c21-14-7-2-1-6-13(14)17-16(18(23)15-8-4-10-27-15)19(24)20(25)22(17)11-12-5-3-9-26-12/h1-2,4,6-8,10,12,17,24H,3,5,9,11H2/t12-,17+/m1/s1. The maximum absolute atomic E-state index is 13.0. The molecule has 1 N–H and O–H groups in total. The quantitative estimate of drug-likeness (QED) is 0.791. The Morgan fingerprint density at radius 2 is 2.07 bits per heavy atom. The van der Waals surface area contributed by atoms with Gasteiger partial charge in [0.05, 0.1) is 24.0 Å². The number of nitrogens with zero attached hydrogens (tertiary/aromatic N) is 1. The van der Waals surface area contributed by atoms with Gasteiger partial charge in [0.25, 0.3) is 5.91 Å². The zero-order valence-electron chi connectivity index (χ0n) is 14.4. The predicted octanol–water partition coefficient (Wildman–Crippen LogP) is 3.69. The number of hydrogen-bond acceptors (Lipinski definition) is 5. The number of halogens is 1. The highest BCUT2D eigenvalue weighted by Gasteiger charge is 2.46. The zero-order chi connectivity index (χ0) is 19.0. The van der Waals surface area contributed by atoms with Gasteiger partial charge in [-0.1, -0.05) is 29.8 Å². The first-order valence-electron chi connectivity index (χ1n) is 8.76. The fourth-order valence-electron chi connectivity index (χ4n) is 3.64. The summed E-state index contributed by atoms with van der Waals surface area (Å²) in [6, 6.07) is 9.26. The van der Waals surface area contributed by atoms with Crippen LogP contribution in [0.4, 0.5) is 0 Å². The Morgan fingerprint density at radius 1 is 1.26 bits per heavy atom. The lowest BCUT2D eigenvalue weighted by Crippen LogP contribution is -2.37. The SMILES string of the molecule is O=C(C1=C(O)C(=O)N(C[C@H]2CCCO2)[C@H]1c1ccccc1Cl)c1ccco1. The Hall–Kier alpha value is -2.57. The number of carbonyl (C=O) groups is 2. The third-order valence-electron chi connectivity index (χ3n) is 4.92. The summed E-state index contributed by atoms with van der Waals surface area (Å²) >= 11 is 6.37. The summed E-state index contributed by atoms with van der Waals surface area (Å²) < 4.78 is 10.8. The second-order valence-corrected chi connectivity index (χ2v) is 6.99. The van der Waals surface area contributed by atoms with E-state index >= 15 is 0 Å². The minimum absolute atomic E-state index is 0.0268. The third kappa shape index (κ3) is 3.15. The van der Waals surface area contributed by atoms with Crippen molar-refractivity contribution in [1.29, 1.82) is 0 Å². The molecule has 2 aliphatic rings. The van der Waals surface area contributed by atoms with Crippen LogP contribution in [0, 0.1) is 0 Å².